The quantitative estimate of drug-likeness (QED) is 0.751. The first-order valence-electron chi connectivity index (χ1n) is 6.06. The predicted octanol–water partition coefficient (Wildman–Crippen LogP) is 0.252. The number of hydrogen-bond donors (Lipinski definition) is 1. The normalized spacial score (nSPS) is 24.2. The van der Waals surface area contributed by atoms with E-state index < -0.39 is 0 Å². The minimum atomic E-state index is -0.184. The molecule has 0 aromatic rings. The standard InChI is InChI=1S/C11H21N3O2/c1-2-16-10(15)14-7-5-13(6-8-14)9-11(12)3-4-11/h2-9,12H2,1H3. The van der Waals surface area contributed by atoms with Gasteiger partial charge in [0.25, 0.3) is 0 Å². The van der Waals surface area contributed by atoms with E-state index in [-0.39, 0.29) is 11.6 Å². The van der Waals surface area contributed by atoms with Gasteiger partial charge in [-0.25, -0.2) is 4.79 Å². The Morgan fingerprint density at radius 3 is 2.44 bits per heavy atom. The molecule has 1 aliphatic heterocycles. The summed E-state index contributed by atoms with van der Waals surface area (Å²) in [5, 5.41) is 0. The van der Waals surface area contributed by atoms with Crippen LogP contribution in [0, 0.1) is 0 Å². The second kappa shape index (κ2) is 4.59. The van der Waals surface area contributed by atoms with Gasteiger partial charge < -0.3 is 15.4 Å². The molecule has 1 heterocycles. The molecule has 2 N–H and O–H groups in total. The molecule has 0 bridgehead atoms. The molecule has 0 spiro atoms. The smallest absolute Gasteiger partial charge is 0.409 e. The van der Waals surface area contributed by atoms with Crippen molar-refractivity contribution in [3.05, 3.63) is 0 Å². The van der Waals surface area contributed by atoms with Crippen LogP contribution in [-0.2, 0) is 4.74 Å². The Balaban J connectivity index is 1.71. The maximum absolute atomic E-state index is 11.5. The molecule has 2 fully saturated rings. The van der Waals surface area contributed by atoms with Crippen molar-refractivity contribution < 1.29 is 9.53 Å². The molecule has 2 rings (SSSR count). The van der Waals surface area contributed by atoms with Gasteiger partial charge in [0.15, 0.2) is 0 Å². The summed E-state index contributed by atoms with van der Waals surface area (Å²) in [5.74, 6) is 0. The molecule has 5 heteroatoms. The van der Waals surface area contributed by atoms with Crippen LogP contribution in [0.15, 0.2) is 0 Å². The highest BCUT2D eigenvalue weighted by atomic mass is 16.6. The summed E-state index contributed by atoms with van der Waals surface area (Å²) in [5.41, 5.74) is 6.15. The fourth-order valence-electron chi connectivity index (χ4n) is 2.07. The number of ether oxygens (including phenoxy) is 1. The van der Waals surface area contributed by atoms with Gasteiger partial charge in [0, 0.05) is 38.3 Å². The van der Waals surface area contributed by atoms with Crippen molar-refractivity contribution in [3.63, 3.8) is 0 Å². The number of piperazine rings is 1. The zero-order chi connectivity index (χ0) is 11.6. The number of hydrogen-bond acceptors (Lipinski definition) is 4. The van der Waals surface area contributed by atoms with Crippen molar-refractivity contribution in [3.8, 4) is 0 Å². The van der Waals surface area contributed by atoms with Crippen LogP contribution in [0.4, 0.5) is 4.79 Å². The third kappa shape index (κ3) is 2.86. The lowest BCUT2D eigenvalue weighted by Crippen LogP contribution is -2.52. The Morgan fingerprint density at radius 2 is 1.94 bits per heavy atom. The van der Waals surface area contributed by atoms with Gasteiger partial charge in [-0.2, -0.15) is 0 Å². The molecule has 0 atom stereocenters. The summed E-state index contributed by atoms with van der Waals surface area (Å²) in [6.45, 7) is 6.60. The summed E-state index contributed by atoms with van der Waals surface area (Å²) in [6, 6.07) is 0. The largest absolute Gasteiger partial charge is 0.450 e. The zero-order valence-electron chi connectivity index (χ0n) is 9.95. The highest BCUT2D eigenvalue weighted by Crippen LogP contribution is 2.33. The van der Waals surface area contributed by atoms with Gasteiger partial charge in [0.2, 0.25) is 0 Å². The first-order chi connectivity index (χ1) is 7.63. The predicted molar refractivity (Wildman–Crippen MR) is 61.2 cm³/mol. The fourth-order valence-corrected chi connectivity index (χ4v) is 2.07. The number of amides is 1. The van der Waals surface area contributed by atoms with E-state index in [4.69, 9.17) is 10.5 Å². The van der Waals surface area contributed by atoms with Crippen molar-refractivity contribution >= 4 is 6.09 Å². The summed E-state index contributed by atoms with van der Waals surface area (Å²) < 4.78 is 4.97. The van der Waals surface area contributed by atoms with Gasteiger partial charge in [0.1, 0.15) is 0 Å². The number of rotatable bonds is 3. The Bertz CT molecular complexity index is 258. The van der Waals surface area contributed by atoms with E-state index in [2.05, 4.69) is 4.90 Å². The van der Waals surface area contributed by atoms with E-state index >= 15 is 0 Å². The molecule has 92 valence electrons. The third-order valence-electron chi connectivity index (χ3n) is 3.33. The average molecular weight is 227 g/mol. The van der Waals surface area contributed by atoms with Gasteiger partial charge in [-0.1, -0.05) is 0 Å². The minimum Gasteiger partial charge on any atom is -0.450 e. The van der Waals surface area contributed by atoms with E-state index in [0.29, 0.717) is 6.61 Å². The van der Waals surface area contributed by atoms with Crippen LogP contribution in [-0.4, -0.2) is 60.8 Å². The average Bonchev–Trinajstić information content (AvgIpc) is 2.97. The number of carbonyl (C=O) groups excluding carboxylic acids is 1. The Labute approximate surface area is 96.5 Å². The van der Waals surface area contributed by atoms with Crippen molar-refractivity contribution in [1.29, 1.82) is 0 Å². The highest BCUT2D eigenvalue weighted by Gasteiger charge is 2.40. The second-order valence-corrected chi connectivity index (χ2v) is 4.82. The maximum atomic E-state index is 11.5. The molecule has 1 amide bonds. The lowest BCUT2D eigenvalue weighted by molar-refractivity contribution is 0.0774. The third-order valence-corrected chi connectivity index (χ3v) is 3.33. The first kappa shape index (κ1) is 11.7. The van der Waals surface area contributed by atoms with Crippen LogP contribution in [0.1, 0.15) is 19.8 Å². The van der Waals surface area contributed by atoms with Crippen molar-refractivity contribution in [2.75, 3.05) is 39.3 Å². The second-order valence-electron chi connectivity index (χ2n) is 4.82. The lowest BCUT2D eigenvalue weighted by atomic mass is 10.2. The molecule has 1 aliphatic carbocycles. The number of nitrogens with zero attached hydrogens (tertiary/aromatic N) is 2. The van der Waals surface area contributed by atoms with Crippen molar-refractivity contribution in [2.45, 2.75) is 25.3 Å². The summed E-state index contributed by atoms with van der Waals surface area (Å²) in [6.07, 6.45) is 2.10. The van der Waals surface area contributed by atoms with Gasteiger partial charge in [0.05, 0.1) is 6.61 Å². The molecule has 0 unspecified atom stereocenters. The first-order valence-corrected chi connectivity index (χ1v) is 6.06. The Hall–Kier alpha value is -0.810. The van der Waals surface area contributed by atoms with E-state index in [0.717, 1.165) is 45.6 Å². The molecule has 0 aromatic heterocycles. The van der Waals surface area contributed by atoms with Crippen LogP contribution in [0.25, 0.3) is 0 Å². The molecule has 16 heavy (non-hydrogen) atoms. The summed E-state index contributed by atoms with van der Waals surface area (Å²) >= 11 is 0. The van der Waals surface area contributed by atoms with Crippen LogP contribution in [0.5, 0.6) is 0 Å². The number of nitrogens with two attached hydrogens (primary N) is 1. The molecule has 5 nitrogen and oxygen atoms in total. The lowest BCUT2D eigenvalue weighted by Gasteiger charge is -2.35. The van der Waals surface area contributed by atoms with Crippen LogP contribution >= 0.6 is 0 Å². The van der Waals surface area contributed by atoms with Gasteiger partial charge in [-0.05, 0) is 19.8 Å². The molecule has 0 radical (unpaired) electrons. The Morgan fingerprint density at radius 1 is 1.31 bits per heavy atom. The SMILES string of the molecule is CCOC(=O)N1CCN(CC2(N)CC2)CC1. The summed E-state index contributed by atoms with van der Waals surface area (Å²) in [4.78, 5) is 15.6. The molecule has 1 saturated heterocycles. The van der Waals surface area contributed by atoms with Gasteiger partial charge in [-0.15, -0.1) is 0 Å². The summed E-state index contributed by atoms with van der Waals surface area (Å²) in [7, 11) is 0. The minimum absolute atomic E-state index is 0.0755. The van der Waals surface area contributed by atoms with E-state index in [9.17, 15) is 4.79 Å². The highest BCUT2D eigenvalue weighted by molar-refractivity contribution is 5.67. The van der Waals surface area contributed by atoms with E-state index in [1.54, 1.807) is 4.90 Å². The molecule has 0 aromatic carbocycles. The topological polar surface area (TPSA) is 58.8 Å². The van der Waals surface area contributed by atoms with Crippen LogP contribution in [0.3, 0.4) is 0 Å². The fraction of sp³-hybridized carbons (Fsp3) is 0.909. The molecular formula is C11H21N3O2. The number of carbonyl (C=O) groups is 1. The van der Waals surface area contributed by atoms with Crippen LogP contribution < -0.4 is 5.73 Å². The van der Waals surface area contributed by atoms with Crippen molar-refractivity contribution in [1.82, 2.24) is 9.80 Å². The maximum Gasteiger partial charge on any atom is 0.409 e. The van der Waals surface area contributed by atoms with Gasteiger partial charge >= 0.3 is 6.09 Å². The molecule has 1 saturated carbocycles. The zero-order valence-corrected chi connectivity index (χ0v) is 9.95. The van der Waals surface area contributed by atoms with E-state index in [1.807, 2.05) is 6.92 Å². The van der Waals surface area contributed by atoms with Crippen molar-refractivity contribution in [2.24, 2.45) is 5.73 Å². The van der Waals surface area contributed by atoms with Crippen LogP contribution in [0.2, 0.25) is 0 Å². The Kier molecular flexibility index (Phi) is 3.35. The monoisotopic (exact) mass is 227 g/mol. The molecule has 2 aliphatic rings. The van der Waals surface area contributed by atoms with Gasteiger partial charge in [-0.3, -0.25) is 4.90 Å². The molecular weight excluding hydrogens is 206 g/mol. The van der Waals surface area contributed by atoms with E-state index in [1.165, 1.54) is 0 Å².